The maximum absolute atomic E-state index is 12.7. The third kappa shape index (κ3) is 3.83. The molecule has 5 nitrogen and oxygen atoms in total. The molecule has 0 fully saturated rings. The molecule has 1 heterocycles. The Labute approximate surface area is 143 Å². The smallest absolute Gasteiger partial charge is 0.417 e. The number of aliphatic imine (C=N–C) groups is 1. The molecule has 0 spiro atoms. The average Bonchev–Trinajstić information content (AvgIpc) is 2.48. The van der Waals surface area contributed by atoms with Gasteiger partial charge in [0.2, 0.25) is 0 Å². The van der Waals surface area contributed by atoms with Crippen molar-refractivity contribution in [3.63, 3.8) is 0 Å². The van der Waals surface area contributed by atoms with E-state index in [0.29, 0.717) is 0 Å². The van der Waals surface area contributed by atoms with Gasteiger partial charge in [-0.1, -0.05) is 44.2 Å². The van der Waals surface area contributed by atoms with Gasteiger partial charge in [-0.3, -0.25) is 9.79 Å². The first-order chi connectivity index (χ1) is 11.1. The Balaban J connectivity index is 2.48. The van der Waals surface area contributed by atoms with Gasteiger partial charge in [0.05, 0.1) is 11.8 Å². The van der Waals surface area contributed by atoms with Gasteiger partial charge in [-0.25, -0.2) is 9.69 Å². The Morgan fingerprint density at radius 2 is 1.79 bits per heavy atom. The summed E-state index contributed by atoms with van der Waals surface area (Å²) in [6.07, 6.45) is -0.610. The fourth-order valence-corrected chi connectivity index (χ4v) is 2.78. The lowest BCUT2D eigenvalue weighted by Crippen LogP contribution is -2.58. The van der Waals surface area contributed by atoms with Crippen molar-refractivity contribution in [2.75, 3.05) is 0 Å². The van der Waals surface area contributed by atoms with E-state index in [2.05, 4.69) is 4.99 Å². The standard InChI is InChI=1S/C19H26N2O3/c1-12(2)16-15(14-10-8-7-9-11-14)20-13(3)17(22)21(16)18(23)24-19(4,5)6/h7-13,16H,1-6H3/t13-,16+/m0/s1. The monoisotopic (exact) mass is 330 g/mol. The molecule has 0 N–H and O–H groups in total. The van der Waals surface area contributed by atoms with Gasteiger partial charge in [-0.15, -0.1) is 0 Å². The zero-order valence-electron chi connectivity index (χ0n) is 15.2. The van der Waals surface area contributed by atoms with E-state index in [1.165, 1.54) is 4.90 Å². The van der Waals surface area contributed by atoms with Gasteiger partial charge in [0, 0.05) is 0 Å². The van der Waals surface area contributed by atoms with E-state index >= 15 is 0 Å². The van der Waals surface area contributed by atoms with Crippen LogP contribution in [0, 0.1) is 5.92 Å². The van der Waals surface area contributed by atoms with Crippen LogP contribution in [0.4, 0.5) is 4.79 Å². The van der Waals surface area contributed by atoms with E-state index < -0.39 is 23.8 Å². The largest absolute Gasteiger partial charge is 0.443 e. The summed E-state index contributed by atoms with van der Waals surface area (Å²) in [5.41, 5.74) is 1.01. The Morgan fingerprint density at radius 1 is 1.21 bits per heavy atom. The van der Waals surface area contributed by atoms with E-state index in [1.807, 2.05) is 44.2 Å². The van der Waals surface area contributed by atoms with Crippen LogP contribution in [0.15, 0.2) is 35.3 Å². The average molecular weight is 330 g/mol. The molecule has 0 radical (unpaired) electrons. The number of benzene rings is 1. The maximum Gasteiger partial charge on any atom is 0.417 e. The summed E-state index contributed by atoms with van der Waals surface area (Å²) in [6.45, 7) is 11.0. The van der Waals surface area contributed by atoms with E-state index in [1.54, 1.807) is 27.7 Å². The minimum absolute atomic E-state index is 0.0212. The molecule has 0 saturated carbocycles. The summed E-state index contributed by atoms with van der Waals surface area (Å²) in [6, 6.07) is 8.63. The first-order valence-corrected chi connectivity index (χ1v) is 8.31. The molecule has 2 atom stereocenters. The molecule has 5 heteroatoms. The highest BCUT2D eigenvalue weighted by atomic mass is 16.6. The van der Waals surface area contributed by atoms with Gasteiger partial charge in [0.1, 0.15) is 11.6 Å². The lowest BCUT2D eigenvalue weighted by atomic mass is 9.90. The molecule has 24 heavy (non-hydrogen) atoms. The number of hydrogen-bond donors (Lipinski definition) is 0. The number of imide groups is 1. The van der Waals surface area contributed by atoms with E-state index in [9.17, 15) is 9.59 Å². The Hall–Kier alpha value is -2.17. The first kappa shape index (κ1) is 18.2. The highest BCUT2D eigenvalue weighted by Gasteiger charge is 2.43. The Bertz CT molecular complexity index is 644. The summed E-state index contributed by atoms with van der Waals surface area (Å²) in [7, 11) is 0. The second-order valence-electron chi connectivity index (χ2n) is 7.43. The zero-order chi connectivity index (χ0) is 18.1. The molecule has 0 saturated heterocycles. The minimum atomic E-state index is -0.663. The normalized spacial score (nSPS) is 21.7. The number of hydrogen-bond acceptors (Lipinski definition) is 4. The Morgan fingerprint density at radius 3 is 2.29 bits per heavy atom. The van der Waals surface area contributed by atoms with Gasteiger partial charge in [-0.05, 0) is 39.2 Å². The van der Waals surface area contributed by atoms with Crippen molar-refractivity contribution in [1.29, 1.82) is 0 Å². The van der Waals surface area contributed by atoms with E-state index in [-0.39, 0.29) is 11.8 Å². The highest BCUT2D eigenvalue weighted by molar-refractivity contribution is 6.12. The lowest BCUT2D eigenvalue weighted by Gasteiger charge is -2.39. The molecular weight excluding hydrogens is 304 g/mol. The second-order valence-corrected chi connectivity index (χ2v) is 7.43. The quantitative estimate of drug-likeness (QED) is 0.831. The molecule has 130 valence electrons. The van der Waals surface area contributed by atoms with E-state index in [4.69, 9.17) is 4.74 Å². The maximum atomic E-state index is 12.7. The van der Waals surface area contributed by atoms with Crippen LogP contribution in [0.25, 0.3) is 0 Å². The van der Waals surface area contributed by atoms with Crippen LogP contribution in [-0.4, -0.2) is 40.3 Å². The molecule has 2 amide bonds. The molecule has 1 aromatic carbocycles. The number of ether oxygens (including phenoxy) is 1. The van der Waals surface area contributed by atoms with Crippen molar-refractivity contribution in [2.24, 2.45) is 10.9 Å². The van der Waals surface area contributed by atoms with Crippen LogP contribution in [0.2, 0.25) is 0 Å². The van der Waals surface area contributed by atoms with Crippen molar-refractivity contribution in [1.82, 2.24) is 4.90 Å². The predicted molar refractivity (Wildman–Crippen MR) is 94.1 cm³/mol. The topological polar surface area (TPSA) is 59.0 Å². The van der Waals surface area contributed by atoms with E-state index in [0.717, 1.165) is 11.3 Å². The fourth-order valence-electron chi connectivity index (χ4n) is 2.78. The minimum Gasteiger partial charge on any atom is -0.443 e. The number of carbonyl (C=O) groups excluding carboxylic acids is 2. The van der Waals surface area contributed by atoms with Gasteiger partial charge >= 0.3 is 6.09 Å². The van der Waals surface area contributed by atoms with Crippen LogP contribution < -0.4 is 0 Å². The molecule has 1 aliphatic rings. The molecule has 0 unspecified atom stereocenters. The second kappa shape index (κ2) is 6.75. The van der Waals surface area contributed by atoms with Crippen molar-refractivity contribution in [2.45, 2.75) is 59.2 Å². The van der Waals surface area contributed by atoms with Crippen molar-refractivity contribution in [3.05, 3.63) is 35.9 Å². The highest BCUT2D eigenvalue weighted by Crippen LogP contribution is 2.26. The van der Waals surface area contributed by atoms with Crippen LogP contribution in [0.3, 0.4) is 0 Å². The molecule has 0 aliphatic carbocycles. The van der Waals surface area contributed by atoms with Gasteiger partial charge in [-0.2, -0.15) is 0 Å². The van der Waals surface area contributed by atoms with Gasteiger partial charge in [0.15, 0.2) is 0 Å². The van der Waals surface area contributed by atoms with Gasteiger partial charge < -0.3 is 4.74 Å². The summed E-state index contributed by atoms with van der Waals surface area (Å²) >= 11 is 0. The molecule has 0 aromatic heterocycles. The van der Waals surface area contributed by atoms with Crippen molar-refractivity contribution in [3.8, 4) is 0 Å². The van der Waals surface area contributed by atoms with Crippen LogP contribution in [0.1, 0.15) is 47.1 Å². The molecule has 2 rings (SSSR count). The summed E-state index contributed by atoms with van der Waals surface area (Å²) < 4.78 is 5.47. The summed E-state index contributed by atoms with van der Waals surface area (Å²) in [5.74, 6) is -0.296. The third-order valence-corrected chi connectivity index (χ3v) is 3.78. The number of nitrogens with zero attached hydrogens (tertiary/aromatic N) is 2. The van der Waals surface area contributed by atoms with Crippen LogP contribution in [-0.2, 0) is 9.53 Å². The first-order valence-electron chi connectivity index (χ1n) is 8.31. The third-order valence-electron chi connectivity index (χ3n) is 3.78. The summed E-state index contributed by atoms with van der Waals surface area (Å²) in [4.78, 5) is 31.2. The number of rotatable bonds is 2. The van der Waals surface area contributed by atoms with Crippen molar-refractivity contribution < 1.29 is 14.3 Å². The SMILES string of the molecule is CC(C)[C@@H]1C(c2ccccc2)=N[C@@H](C)C(=O)N1C(=O)OC(C)(C)C. The van der Waals surface area contributed by atoms with Crippen LogP contribution in [0.5, 0.6) is 0 Å². The Kier molecular flexibility index (Phi) is 5.11. The lowest BCUT2D eigenvalue weighted by molar-refractivity contribution is -0.133. The molecule has 1 aliphatic heterocycles. The zero-order valence-corrected chi connectivity index (χ0v) is 15.2. The molecular formula is C19H26N2O3. The number of amides is 2. The molecule has 0 bridgehead atoms. The fraction of sp³-hybridized carbons (Fsp3) is 0.526. The summed E-state index contributed by atoms with van der Waals surface area (Å²) in [5, 5.41) is 0. The van der Waals surface area contributed by atoms with Gasteiger partial charge in [0.25, 0.3) is 5.91 Å². The number of carbonyl (C=O) groups is 2. The van der Waals surface area contributed by atoms with Crippen LogP contribution >= 0.6 is 0 Å². The molecule has 1 aromatic rings. The van der Waals surface area contributed by atoms with Crippen molar-refractivity contribution >= 4 is 17.7 Å². The predicted octanol–water partition coefficient (Wildman–Crippen LogP) is 3.67.